The number of ether oxygens (including phenoxy) is 1. The second-order valence-corrected chi connectivity index (χ2v) is 4.86. The molecule has 17 heavy (non-hydrogen) atoms. The average Bonchev–Trinajstić information content (AvgIpc) is 2.32. The third kappa shape index (κ3) is 9.11. The van der Waals surface area contributed by atoms with Crippen molar-refractivity contribution in [1.29, 1.82) is 0 Å². The Morgan fingerprint density at radius 3 is 2.29 bits per heavy atom. The highest BCUT2D eigenvalue weighted by Crippen LogP contribution is 2.09. The minimum Gasteiger partial charge on any atom is -0.374 e. The van der Waals surface area contributed by atoms with Gasteiger partial charge in [-0.25, -0.2) is 0 Å². The van der Waals surface area contributed by atoms with Crippen molar-refractivity contribution in [3.63, 3.8) is 0 Å². The smallest absolute Gasteiger partial charge is 0.158 e. The van der Waals surface area contributed by atoms with Crippen molar-refractivity contribution in [2.24, 2.45) is 0 Å². The fourth-order valence-corrected chi connectivity index (χ4v) is 2.07. The Kier molecular flexibility index (Phi) is 8.93. The minimum atomic E-state index is 0.275. The Balaban J connectivity index is 2.18. The molecule has 2 nitrogen and oxygen atoms in total. The standard InChI is InChI=1S/C15H26O2/c16-15-12-10-8-6-4-2-1-3-5-7-9-11-13-17-14-15/h3,5H,1-2,4,6-14H2/b5-3-. The first-order chi connectivity index (χ1) is 8.39. The lowest BCUT2D eigenvalue weighted by molar-refractivity contribution is -0.123. The molecular weight excluding hydrogens is 212 g/mol. The van der Waals surface area contributed by atoms with Gasteiger partial charge in [0.25, 0.3) is 0 Å². The van der Waals surface area contributed by atoms with Crippen molar-refractivity contribution >= 4 is 5.78 Å². The SMILES string of the molecule is O=C1CCCCCCC/C=C\CCCCOC1. The van der Waals surface area contributed by atoms with E-state index in [4.69, 9.17) is 4.74 Å². The van der Waals surface area contributed by atoms with Crippen molar-refractivity contribution in [3.8, 4) is 0 Å². The molecule has 1 aliphatic heterocycles. The second-order valence-electron chi connectivity index (χ2n) is 4.86. The van der Waals surface area contributed by atoms with E-state index in [9.17, 15) is 4.79 Å². The number of hydrogen-bond donors (Lipinski definition) is 0. The van der Waals surface area contributed by atoms with Crippen LogP contribution in [0.5, 0.6) is 0 Å². The number of ketones is 1. The molecule has 2 heteroatoms. The van der Waals surface area contributed by atoms with Gasteiger partial charge in [0.1, 0.15) is 6.61 Å². The highest BCUT2D eigenvalue weighted by Gasteiger charge is 2.02. The van der Waals surface area contributed by atoms with E-state index < -0.39 is 0 Å². The van der Waals surface area contributed by atoms with Crippen LogP contribution in [0.1, 0.15) is 64.2 Å². The van der Waals surface area contributed by atoms with Gasteiger partial charge in [-0.15, -0.1) is 0 Å². The van der Waals surface area contributed by atoms with Crippen molar-refractivity contribution in [3.05, 3.63) is 12.2 Å². The zero-order valence-electron chi connectivity index (χ0n) is 11.0. The lowest BCUT2D eigenvalue weighted by Crippen LogP contribution is -2.09. The van der Waals surface area contributed by atoms with E-state index in [1.165, 1.54) is 38.5 Å². The van der Waals surface area contributed by atoms with Crippen LogP contribution in [0.15, 0.2) is 12.2 Å². The van der Waals surface area contributed by atoms with Crippen LogP contribution in [-0.4, -0.2) is 19.0 Å². The van der Waals surface area contributed by atoms with Gasteiger partial charge < -0.3 is 4.74 Å². The number of carbonyl (C=O) groups excluding carboxylic acids is 1. The molecule has 98 valence electrons. The first-order valence-corrected chi connectivity index (χ1v) is 7.14. The molecule has 1 heterocycles. The molecule has 0 N–H and O–H groups in total. The van der Waals surface area contributed by atoms with Gasteiger partial charge in [0.15, 0.2) is 5.78 Å². The van der Waals surface area contributed by atoms with Crippen LogP contribution < -0.4 is 0 Å². The summed E-state index contributed by atoms with van der Waals surface area (Å²) in [5.41, 5.74) is 0. The Bertz CT molecular complexity index is 221. The molecule has 0 bridgehead atoms. The van der Waals surface area contributed by atoms with E-state index in [0.29, 0.717) is 13.0 Å². The second kappa shape index (κ2) is 10.5. The van der Waals surface area contributed by atoms with Gasteiger partial charge in [-0.05, 0) is 38.5 Å². The van der Waals surface area contributed by atoms with Gasteiger partial charge in [0.05, 0.1) is 0 Å². The molecule has 0 fully saturated rings. The Morgan fingerprint density at radius 2 is 1.47 bits per heavy atom. The van der Waals surface area contributed by atoms with E-state index in [0.717, 1.165) is 25.9 Å². The Labute approximate surface area is 105 Å². The van der Waals surface area contributed by atoms with Crippen molar-refractivity contribution < 1.29 is 9.53 Å². The van der Waals surface area contributed by atoms with Crippen LogP contribution in [0.2, 0.25) is 0 Å². The van der Waals surface area contributed by atoms with Crippen LogP contribution in [0.4, 0.5) is 0 Å². The highest BCUT2D eigenvalue weighted by molar-refractivity contribution is 5.79. The molecule has 0 saturated carbocycles. The largest absolute Gasteiger partial charge is 0.374 e. The predicted molar refractivity (Wildman–Crippen MR) is 71.1 cm³/mol. The molecule has 1 aliphatic rings. The van der Waals surface area contributed by atoms with Gasteiger partial charge >= 0.3 is 0 Å². The Hall–Kier alpha value is -0.630. The molecule has 0 unspecified atom stereocenters. The molecule has 0 aliphatic carbocycles. The van der Waals surface area contributed by atoms with E-state index in [2.05, 4.69) is 12.2 Å². The molecule has 0 saturated heterocycles. The maximum atomic E-state index is 11.4. The molecular formula is C15H26O2. The van der Waals surface area contributed by atoms with Crippen LogP contribution in [0.25, 0.3) is 0 Å². The zero-order chi connectivity index (χ0) is 12.2. The fraction of sp³-hybridized carbons (Fsp3) is 0.800. The lowest BCUT2D eigenvalue weighted by atomic mass is 10.1. The molecule has 0 amide bonds. The monoisotopic (exact) mass is 238 g/mol. The van der Waals surface area contributed by atoms with Crippen LogP contribution in [0, 0.1) is 0 Å². The van der Waals surface area contributed by atoms with Gasteiger partial charge in [0.2, 0.25) is 0 Å². The number of Topliss-reactive ketones (excluding diaryl/α,β-unsaturated/α-hetero) is 1. The summed E-state index contributed by atoms with van der Waals surface area (Å²) in [5, 5.41) is 0. The van der Waals surface area contributed by atoms with Crippen LogP contribution in [-0.2, 0) is 9.53 Å². The molecule has 0 radical (unpaired) electrons. The normalized spacial score (nSPS) is 24.4. The summed E-state index contributed by atoms with van der Waals surface area (Å²) in [5.74, 6) is 0.275. The summed E-state index contributed by atoms with van der Waals surface area (Å²) in [4.78, 5) is 11.4. The van der Waals surface area contributed by atoms with E-state index in [-0.39, 0.29) is 5.78 Å². The zero-order valence-corrected chi connectivity index (χ0v) is 11.0. The maximum Gasteiger partial charge on any atom is 0.158 e. The predicted octanol–water partition coefficient (Wildman–Crippen LogP) is 4.04. The quantitative estimate of drug-likeness (QED) is 0.595. The summed E-state index contributed by atoms with van der Waals surface area (Å²) in [6.45, 7) is 1.06. The average molecular weight is 238 g/mol. The van der Waals surface area contributed by atoms with Gasteiger partial charge in [0, 0.05) is 13.0 Å². The third-order valence-corrected chi connectivity index (χ3v) is 3.17. The third-order valence-electron chi connectivity index (χ3n) is 3.17. The molecule has 1 rings (SSSR count). The summed E-state index contributed by atoms with van der Waals surface area (Å²) in [6.07, 6.45) is 16.0. The fourth-order valence-electron chi connectivity index (χ4n) is 2.07. The first-order valence-electron chi connectivity index (χ1n) is 7.14. The summed E-state index contributed by atoms with van der Waals surface area (Å²) < 4.78 is 5.37. The maximum absolute atomic E-state index is 11.4. The van der Waals surface area contributed by atoms with Crippen LogP contribution >= 0.6 is 0 Å². The molecule has 0 spiro atoms. The van der Waals surface area contributed by atoms with Crippen LogP contribution in [0.3, 0.4) is 0 Å². The first kappa shape index (κ1) is 14.4. The van der Waals surface area contributed by atoms with Gasteiger partial charge in [-0.2, -0.15) is 0 Å². The summed E-state index contributed by atoms with van der Waals surface area (Å²) in [7, 11) is 0. The summed E-state index contributed by atoms with van der Waals surface area (Å²) in [6, 6.07) is 0. The molecule has 0 aromatic carbocycles. The molecule has 0 atom stereocenters. The van der Waals surface area contributed by atoms with E-state index in [1.54, 1.807) is 0 Å². The number of hydrogen-bond acceptors (Lipinski definition) is 2. The number of allylic oxidation sites excluding steroid dienone is 2. The Morgan fingerprint density at radius 1 is 0.824 bits per heavy atom. The highest BCUT2D eigenvalue weighted by atomic mass is 16.5. The van der Waals surface area contributed by atoms with Crippen molar-refractivity contribution in [2.45, 2.75) is 64.2 Å². The minimum absolute atomic E-state index is 0.275. The van der Waals surface area contributed by atoms with Gasteiger partial charge in [-0.3, -0.25) is 4.79 Å². The van der Waals surface area contributed by atoms with E-state index >= 15 is 0 Å². The lowest BCUT2D eigenvalue weighted by Gasteiger charge is -2.04. The van der Waals surface area contributed by atoms with E-state index in [1.807, 2.05) is 0 Å². The van der Waals surface area contributed by atoms with Crippen molar-refractivity contribution in [2.75, 3.05) is 13.2 Å². The molecule has 0 aromatic rings. The summed E-state index contributed by atoms with van der Waals surface area (Å²) >= 11 is 0. The number of rotatable bonds is 0. The number of carbonyl (C=O) groups is 1. The molecule has 0 aromatic heterocycles. The topological polar surface area (TPSA) is 26.3 Å². The van der Waals surface area contributed by atoms with Gasteiger partial charge in [-0.1, -0.05) is 31.4 Å². The van der Waals surface area contributed by atoms with Crippen molar-refractivity contribution in [1.82, 2.24) is 0 Å².